The van der Waals surface area contributed by atoms with Gasteiger partial charge < -0.3 is 25.8 Å². The number of benzene rings is 1. The Hall–Kier alpha value is -1.54. The Morgan fingerprint density at radius 3 is 2.71 bits per heavy atom. The van der Waals surface area contributed by atoms with E-state index in [0.717, 1.165) is 25.9 Å². The quantitative estimate of drug-likeness (QED) is 0.609. The van der Waals surface area contributed by atoms with Crippen molar-refractivity contribution in [3.63, 3.8) is 0 Å². The molecule has 0 radical (unpaired) electrons. The van der Waals surface area contributed by atoms with Crippen molar-refractivity contribution in [3.8, 4) is 0 Å². The molecule has 0 unspecified atom stereocenters. The van der Waals surface area contributed by atoms with Gasteiger partial charge in [0.15, 0.2) is 0 Å². The van der Waals surface area contributed by atoms with E-state index < -0.39 is 12.2 Å². The number of hydrogen-bond donors (Lipinski definition) is 4. The lowest BCUT2D eigenvalue weighted by Crippen LogP contribution is -2.50. The van der Waals surface area contributed by atoms with E-state index in [1.807, 2.05) is 0 Å². The molecule has 132 valence electrons. The number of rotatable bonds is 5. The van der Waals surface area contributed by atoms with Crippen LogP contribution in [0.1, 0.15) is 23.2 Å². The lowest BCUT2D eigenvalue weighted by Gasteiger charge is -2.28. The summed E-state index contributed by atoms with van der Waals surface area (Å²) >= 11 is 0. The first-order valence-electron chi connectivity index (χ1n) is 8.43. The Balaban J connectivity index is 1.45. The van der Waals surface area contributed by atoms with E-state index in [4.69, 9.17) is 4.74 Å². The molecule has 6 nitrogen and oxygen atoms in total. The molecule has 2 saturated heterocycles. The van der Waals surface area contributed by atoms with E-state index in [1.165, 1.54) is 24.3 Å². The monoisotopic (exact) mass is 337 g/mol. The Bertz CT molecular complexity index is 549. The zero-order chi connectivity index (χ0) is 16.9. The van der Waals surface area contributed by atoms with Crippen LogP contribution in [0.5, 0.6) is 0 Å². The first kappa shape index (κ1) is 17.3. The molecule has 0 aromatic heterocycles. The molecule has 4 N–H and O–H groups in total. The molecule has 0 saturated carbocycles. The Labute approximate surface area is 140 Å². The predicted molar refractivity (Wildman–Crippen MR) is 87.3 cm³/mol. The smallest absolute Gasteiger partial charge is 0.251 e. The summed E-state index contributed by atoms with van der Waals surface area (Å²) < 4.78 is 18.5. The molecule has 24 heavy (non-hydrogen) atoms. The van der Waals surface area contributed by atoms with Gasteiger partial charge in [0, 0.05) is 18.2 Å². The first-order valence-corrected chi connectivity index (χ1v) is 8.43. The van der Waals surface area contributed by atoms with Crippen LogP contribution in [0.25, 0.3) is 0 Å². The van der Waals surface area contributed by atoms with E-state index in [2.05, 4.69) is 16.0 Å². The Morgan fingerprint density at radius 1 is 1.29 bits per heavy atom. The number of halogens is 1. The lowest BCUT2D eigenvalue weighted by atomic mass is 10.0. The lowest BCUT2D eigenvalue weighted by molar-refractivity contribution is 0.0394. The third kappa shape index (κ3) is 4.30. The van der Waals surface area contributed by atoms with Crippen molar-refractivity contribution in [1.82, 2.24) is 16.0 Å². The molecule has 0 bridgehead atoms. The minimum absolute atomic E-state index is 0.110. The number of carbonyl (C=O) groups excluding carboxylic acids is 1. The number of piperidine rings is 1. The molecule has 2 fully saturated rings. The zero-order valence-corrected chi connectivity index (χ0v) is 13.5. The normalized spacial score (nSPS) is 28.0. The maximum atomic E-state index is 12.9. The second-order valence-corrected chi connectivity index (χ2v) is 6.38. The standard InChI is InChI=1S/C17H24FN3O3/c18-12-3-1-11(2-4-12)17(23)20-9-15-16(22)14(10-24-15)21-13-5-7-19-8-6-13/h1-4,13-16,19,21-22H,5-10H2,(H,20,23)/t14-,15-,16+/m1/s1. The summed E-state index contributed by atoms with van der Waals surface area (Å²) in [5.41, 5.74) is 0.383. The van der Waals surface area contributed by atoms with Gasteiger partial charge in [-0.3, -0.25) is 4.79 Å². The fourth-order valence-corrected chi connectivity index (χ4v) is 3.20. The van der Waals surface area contributed by atoms with Crippen LogP contribution in [0.4, 0.5) is 4.39 Å². The number of amides is 1. The summed E-state index contributed by atoms with van der Waals surface area (Å²) in [6, 6.07) is 5.63. The van der Waals surface area contributed by atoms with Gasteiger partial charge in [0.05, 0.1) is 18.8 Å². The second-order valence-electron chi connectivity index (χ2n) is 6.38. The summed E-state index contributed by atoms with van der Waals surface area (Å²) in [6.07, 6.45) is 0.978. The number of aliphatic hydroxyl groups is 1. The molecule has 2 aliphatic heterocycles. The molecule has 1 aromatic carbocycles. The van der Waals surface area contributed by atoms with Gasteiger partial charge in [0.25, 0.3) is 5.91 Å². The molecule has 0 spiro atoms. The van der Waals surface area contributed by atoms with E-state index >= 15 is 0 Å². The van der Waals surface area contributed by atoms with Crippen molar-refractivity contribution in [2.24, 2.45) is 0 Å². The predicted octanol–water partition coefficient (Wildman–Crippen LogP) is 0.0254. The van der Waals surface area contributed by atoms with Crippen LogP contribution < -0.4 is 16.0 Å². The summed E-state index contributed by atoms with van der Waals surface area (Å²) in [5, 5.41) is 19.9. The van der Waals surface area contributed by atoms with Crippen LogP contribution in [-0.2, 0) is 4.74 Å². The van der Waals surface area contributed by atoms with Gasteiger partial charge in [-0.25, -0.2) is 4.39 Å². The zero-order valence-electron chi connectivity index (χ0n) is 13.5. The van der Waals surface area contributed by atoms with E-state index in [-0.39, 0.29) is 24.3 Å². The third-order valence-corrected chi connectivity index (χ3v) is 4.64. The molecule has 2 aliphatic rings. The minimum Gasteiger partial charge on any atom is -0.389 e. The molecule has 3 rings (SSSR count). The average Bonchev–Trinajstić information content (AvgIpc) is 2.94. The molecule has 1 aromatic rings. The number of carbonyl (C=O) groups is 1. The largest absolute Gasteiger partial charge is 0.389 e. The van der Waals surface area contributed by atoms with Crippen LogP contribution in [0.3, 0.4) is 0 Å². The highest BCUT2D eigenvalue weighted by Crippen LogP contribution is 2.16. The van der Waals surface area contributed by atoms with E-state index in [0.29, 0.717) is 18.2 Å². The number of nitrogens with one attached hydrogen (secondary N) is 3. The van der Waals surface area contributed by atoms with Crippen molar-refractivity contribution in [3.05, 3.63) is 35.6 Å². The van der Waals surface area contributed by atoms with Crippen LogP contribution in [0.2, 0.25) is 0 Å². The fourth-order valence-electron chi connectivity index (χ4n) is 3.20. The van der Waals surface area contributed by atoms with Gasteiger partial charge in [-0.05, 0) is 50.2 Å². The van der Waals surface area contributed by atoms with Gasteiger partial charge in [-0.2, -0.15) is 0 Å². The molecular weight excluding hydrogens is 313 g/mol. The maximum absolute atomic E-state index is 12.9. The summed E-state index contributed by atoms with van der Waals surface area (Å²) in [4.78, 5) is 12.0. The highest BCUT2D eigenvalue weighted by Gasteiger charge is 2.37. The third-order valence-electron chi connectivity index (χ3n) is 4.64. The fraction of sp³-hybridized carbons (Fsp3) is 0.588. The van der Waals surface area contributed by atoms with E-state index in [9.17, 15) is 14.3 Å². The Kier molecular flexibility index (Phi) is 5.78. The van der Waals surface area contributed by atoms with Gasteiger partial charge in [-0.1, -0.05) is 0 Å². The molecule has 1 amide bonds. The Morgan fingerprint density at radius 2 is 2.00 bits per heavy atom. The topological polar surface area (TPSA) is 82.6 Å². The van der Waals surface area contributed by atoms with E-state index in [1.54, 1.807) is 0 Å². The van der Waals surface area contributed by atoms with Gasteiger partial charge >= 0.3 is 0 Å². The molecule has 0 aliphatic carbocycles. The van der Waals surface area contributed by atoms with Crippen LogP contribution in [-0.4, -0.2) is 61.5 Å². The molecule has 3 atom stereocenters. The highest BCUT2D eigenvalue weighted by molar-refractivity contribution is 5.94. The summed E-state index contributed by atoms with van der Waals surface area (Å²) in [7, 11) is 0. The minimum atomic E-state index is -0.659. The number of aliphatic hydroxyl groups excluding tert-OH is 1. The summed E-state index contributed by atoms with van der Waals surface area (Å²) in [6.45, 7) is 2.63. The first-order chi connectivity index (χ1) is 11.6. The van der Waals surface area contributed by atoms with Crippen molar-refractivity contribution in [2.45, 2.75) is 37.1 Å². The van der Waals surface area contributed by atoms with Gasteiger partial charge in [-0.15, -0.1) is 0 Å². The molecule has 7 heteroatoms. The second kappa shape index (κ2) is 8.02. The average molecular weight is 337 g/mol. The summed E-state index contributed by atoms with van der Waals surface area (Å²) in [5.74, 6) is -0.687. The highest BCUT2D eigenvalue weighted by atomic mass is 19.1. The SMILES string of the molecule is O=C(NC[C@H]1OC[C@@H](NC2CCNCC2)[C@@H]1O)c1ccc(F)cc1. The maximum Gasteiger partial charge on any atom is 0.251 e. The van der Waals surface area contributed by atoms with Crippen LogP contribution >= 0.6 is 0 Å². The van der Waals surface area contributed by atoms with Crippen molar-refractivity contribution in [1.29, 1.82) is 0 Å². The number of ether oxygens (including phenoxy) is 1. The van der Waals surface area contributed by atoms with Gasteiger partial charge in [0.1, 0.15) is 11.9 Å². The van der Waals surface area contributed by atoms with Gasteiger partial charge in [0.2, 0.25) is 0 Å². The number of hydrogen-bond acceptors (Lipinski definition) is 5. The molecular formula is C17H24FN3O3. The van der Waals surface area contributed by atoms with Crippen LogP contribution in [0, 0.1) is 5.82 Å². The van der Waals surface area contributed by atoms with Crippen molar-refractivity contribution < 1.29 is 19.0 Å². The molecule has 2 heterocycles. The van der Waals surface area contributed by atoms with Crippen LogP contribution in [0.15, 0.2) is 24.3 Å². The van der Waals surface area contributed by atoms with Crippen molar-refractivity contribution >= 4 is 5.91 Å². The van der Waals surface area contributed by atoms with Crippen molar-refractivity contribution in [2.75, 3.05) is 26.2 Å².